The Hall–Kier alpha value is -3.06. The minimum absolute atomic E-state index is 0.837. The van der Waals surface area contributed by atoms with Crippen LogP contribution in [0.1, 0.15) is 47.6 Å². The molecular formula is C24H28N6O. The number of methoxy groups -OCH3 is 1. The molecule has 0 spiro atoms. The number of hydrogen-bond acceptors (Lipinski definition) is 6. The van der Waals surface area contributed by atoms with Crippen molar-refractivity contribution in [2.75, 3.05) is 20.2 Å². The summed E-state index contributed by atoms with van der Waals surface area (Å²) in [5, 5.41) is 4.63. The van der Waals surface area contributed by atoms with Gasteiger partial charge in [0.05, 0.1) is 30.4 Å². The lowest BCUT2D eigenvalue weighted by molar-refractivity contribution is 0.242. The van der Waals surface area contributed by atoms with Gasteiger partial charge in [-0.3, -0.25) is 9.89 Å². The number of fused-ring (bicyclic) bond motifs is 1. The highest BCUT2D eigenvalue weighted by Gasteiger charge is 2.21. The molecule has 0 saturated heterocycles. The third kappa shape index (κ3) is 4.10. The molecule has 0 bridgehead atoms. The van der Waals surface area contributed by atoms with Crippen LogP contribution in [-0.4, -0.2) is 50.6 Å². The van der Waals surface area contributed by atoms with Crippen molar-refractivity contribution >= 4 is 5.71 Å². The van der Waals surface area contributed by atoms with Crippen LogP contribution in [0.15, 0.2) is 41.7 Å². The highest BCUT2D eigenvalue weighted by atomic mass is 16.5. The van der Waals surface area contributed by atoms with Gasteiger partial charge in [-0.05, 0) is 50.5 Å². The first kappa shape index (κ1) is 19.9. The molecule has 2 aromatic heterocycles. The van der Waals surface area contributed by atoms with E-state index >= 15 is 0 Å². The predicted molar refractivity (Wildman–Crippen MR) is 120 cm³/mol. The molecule has 7 nitrogen and oxygen atoms in total. The number of aromatic nitrogens is 4. The first-order chi connectivity index (χ1) is 15.2. The molecule has 2 aliphatic rings. The van der Waals surface area contributed by atoms with Crippen molar-refractivity contribution in [3.8, 4) is 11.4 Å². The standard InChI is InChI=1S/C24H28N6O/c1-17-18(14-27-30(17)20-6-8-21(31-2)9-7-20)15-29-12-10-22-19(16-29)13-26-24(28-22)23-5-3-4-11-25-23/h6-9,13-14H,3-5,10-12,15-16H2,1-2H3. The minimum Gasteiger partial charge on any atom is -0.497 e. The molecule has 0 fully saturated rings. The van der Waals surface area contributed by atoms with Crippen molar-refractivity contribution in [3.05, 3.63) is 65.0 Å². The largest absolute Gasteiger partial charge is 0.497 e. The minimum atomic E-state index is 0.837. The van der Waals surface area contributed by atoms with E-state index in [0.717, 1.165) is 67.7 Å². The Labute approximate surface area is 182 Å². The number of ether oxygens (including phenoxy) is 1. The van der Waals surface area contributed by atoms with Gasteiger partial charge in [0.2, 0.25) is 0 Å². The summed E-state index contributed by atoms with van der Waals surface area (Å²) in [7, 11) is 1.68. The SMILES string of the molecule is COc1ccc(-n2ncc(CN3CCc4nc(C5=NCCCC5)ncc4C3)c2C)cc1. The summed E-state index contributed by atoms with van der Waals surface area (Å²) in [4.78, 5) is 16.6. The van der Waals surface area contributed by atoms with E-state index < -0.39 is 0 Å². The molecule has 0 radical (unpaired) electrons. The van der Waals surface area contributed by atoms with Crippen LogP contribution < -0.4 is 4.74 Å². The van der Waals surface area contributed by atoms with E-state index in [1.807, 2.05) is 41.3 Å². The Morgan fingerprint density at radius 2 is 1.94 bits per heavy atom. The fourth-order valence-electron chi connectivity index (χ4n) is 4.35. The van der Waals surface area contributed by atoms with Crippen LogP contribution in [0.3, 0.4) is 0 Å². The molecule has 7 heteroatoms. The van der Waals surface area contributed by atoms with Crippen LogP contribution in [0.25, 0.3) is 5.69 Å². The van der Waals surface area contributed by atoms with E-state index in [1.54, 1.807) is 7.11 Å². The van der Waals surface area contributed by atoms with Crippen LogP contribution >= 0.6 is 0 Å². The third-order valence-electron chi connectivity index (χ3n) is 6.22. The molecule has 0 N–H and O–H groups in total. The fraction of sp³-hybridized carbons (Fsp3) is 0.417. The van der Waals surface area contributed by atoms with Crippen molar-refractivity contribution in [1.82, 2.24) is 24.6 Å². The van der Waals surface area contributed by atoms with Crippen molar-refractivity contribution < 1.29 is 4.74 Å². The zero-order valence-electron chi connectivity index (χ0n) is 18.2. The first-order valence-corrected chi connectivity index (χ1v) is 11.0. The zero-order chi connectivity index (χ0) is 21.2. The molecule has 0 amide bonds. The highest BCUT2D eigenvalue weighted by Crippen LogP contribution is 2.23. The number of rotatable bonds is 5. The quantitative estimate of drug-likeness (QED) is 0.637. The summed E-state index contributed by atoms with van der Waals surface area (Å²) in [6.45, 7) is 5.77. The Kier molecular flexibility index (Phi) is 5.51. The van der Waals surface area contributed by atoms with Gasteiger partial charge < -0.3 is 4.74 Å². The van der Waals surface area contributed by atoms with Gasteiger partial charge in [-0.1, -0.05) is 0 Å². The normalized spacial score (nSPS) is 16.6. The van der Waals surface area contributed by atoms with E-state index in [4.69, 9.17) is 9.72 Å². The van der Waals surface area contributed by atoms with E-state index in [2.05, 4.69) is 26.9 Å². The second-order valence-electron chi connectivity index (χ2n) is 8.28. The smallest absolute Gasteiger partial charge is 0.173 e. The molecule has 0 saturated carbocycles. The second kappa shape index (κ2) is 8.59. The molecule has 3 aromatic rings. The molecule has 4 heterocycles. The Bertz CT molecular complexity index is 1100. The molecule has 0 atom stereocenters. The summed E-state index contributed by atoms with van der Waals surface area (Å²) in [5.74, 6) is 1.69. The van der Waals surface area contributed by atoms with Gasteiger partial charge >= 0.3 is 0 Å². The van der Waals surface area contributed by atoms with E-state index in [9.17, 15) is 0 Å². The maximum Gasteiger partial charge on any atom is 0.173 e. The summed E-state index contributed by atoms with van der Waals surface area (Å²) >= 11 is 0. The zero-order valence-corrected chi connectivity index (χ0v) is 18.2. The Morgan fingerprint density at radius 3 is 2.71 bits per heavy atom. The van der Waals surface area contributed by atoms with Gasteiger partial charge in [-0.15, -0.1) is 0 Å². The second-order valence-corrected chi connectivity index (χ2v) is 8.28. The van der Waals surface area contributed by atoms with Gasteiger partial charge in [0.15, 0.2) is 5.82 Å². The van der Waals surface area contributed by atoms with Crippen LogP contribution in [0.4, 0.5) is 0 Å². The first-order valence-electron chi connectivity index (χ1n) is 11.0. The summed E-state index contributed by atoms with van der Waals surface area (Å²) in [6, 6.07) is 7.99. The third-order valence-corrected chi connectivity index (χ3v) is 6.22. The average Bonchev–Trinajstić information content (AvgIpc) is 3.19. The van der Waals surface area contributed by atoms with Crippen molar-refractivity contribution in [3.63, 3.8) is 0 Å². The summed E-state index contributed by atoms with van der Waals surface area (Å²) in [5.41, 5.74) is 6.94. The lowest BCUT2D eigenvalue weighted by atomic mass is 10.0. The van der Waals surface area contributed by atoms with Crippen LogP contribution in [0, 0.1) is 6.92 Å². The van der Waals surface area contributed by atoms with Crippen molar-refractivity contribution in [2.45, 2.75) is 45.7 Å². The molecular weight excluding hydrogens is 388 g/mol. The molecule has 1 aromatic carbocycles. The fourth-order valence-corrected chi connectivity index (χ4v) is 4.35. The maximum absolute atomic E-state index is 5.26. The Balaban J connectivity index is 1.29. The predicted octanol–water partition coefficient (Wildman–Crippen LogP) is 3.51. The lowest BCUT2D eigenvalue weighted by Gasteiger charge is -2.28. The van der Waals surface area contributed by atoms with Crippen LogP contribution in [0.5, 0.6) is 5.75 Å². The number of benzene rings is 1. The molecule has 0 aliphatic carbocycles. The van der Waals surface area contributed by atoms with Gasteiger partial charge in [0, 0.05) is 55.6 Å². The maximum atomic E-state index is 5.26. The van der Waals surface area contributed by atoms with Crippen molar-refractivity contribution in [1.29, 1.82) is 0 Å². The average molecular weight is 417 g/mol. The molecule has 2 aliphatic heterocycles. The summed E-state index contributed by atoms with van der Waals surface area (Å²) < 4.78 is 7.25. The van der Waals surface area contributed by atoms with Gasteiger partial charge in [-0.25, -0.2) is 14.6 Å². The highest BCUT2D eigenvalue weighted by molar-refractivity contribution is 5.97. The van der Waals surface area contributed by atoms with Crippen LogP contribution in [-0.2, 0) is 19.5 Å². The summed E-state index contributed by atoms with van der Waals surface area (Å²) in [6.07, 6.45) is 8.31. The molecule has 160 valence electrons. The van der Waals surface area contributed by atoms with E-state index in [1.165, 1.54) is 29.7 Å². The monoisotopic (exact) mass is 416 g/mol. The molecule has 0 unspecified atom stereocenters. The van der Waals surface area contributed by atoms with Crippen LogP contribution in [0.2, 0.25) is 0 Å². The van der Waals surface area contributed by atoms with Crippen molar-refractivity contribution in [2.24, 2.45) is 4.99 Å². The topological polar surface area (TPSA) is 68.4 Å². The van der Waals surface area contributed by atoms with Gasteiger partial charge in [0.25, 0.3) is 0 Å². The number of nitrogens with zero attached hydrogens (tertiary/aromatic N) is 6. The lowest BCUT2D eigenvalue weighted by Crippen LogP contribution is -2.31. The van der Waals surface area contributed by atoms with E-state index in [0.29, 0.717) is 0 Å². The van der Waals surface area contributed by atoms with Gasteiger partial charge in [0.1, 0.15) is 5.75 Å². The molecule has 31 heavy (non-hydrogen) atoms. The van der Waals surface area contributed by atoms with E-state index in [-0.39, 0.29) is 0 Å². The van der Waals surface area contributed by atoms with Gasteiger partial charge in [-0.2, -0.15) is 5.10 Å². The number of hydrogen-bond donors (Lipinski definition) is 0. The Morgan fingerprint density at radius 1 is 1.06 bits per heavy atom. The molecule has 5 rings (SSSR count). The number of aliphatic imine (C=N–C) groups is 1.